The first-order valence-electron chi connectivity index (χ1n) is 8.28. The zero-order valence-corrected chi connectivity index (χ0v) is 14.8. The fourth-order valence-electron chi connectivity index (χ4n) is 2.90. The SMILES string of the molecule is O=S(=O)(Cc1ccc(F)cc1)NC1CCC(Oc2ncc(F)cn2)CC1. The number of halogens is 2. The lowest BCUT2D eigenvalue weighted by atomic mass is 9.94. The molecule has 6 nitrogen and oxygen atoms in total. The third-order valence-corrected chi connectivity index (χ3v) is 5.56. The number of rotatable bonds is 6. The van der Waals surface area contributed by atoms with Crippen molar-refractivity contribution in [2.75, 3.05) is 0 Å². The second kappa shape index (κ2) is 8.05. The molecule has 1 aromatic heterocycles. The van der Waals surface area contributed by atoms with Gasteiger partial charge in [-0.3, -0.25) is 0 Å². The average Bonchev–Trinajstić information content (AvgIpc) is 2.60. The number of sulfonamides is 1. The summed E-state index contributed by atoms with van der Waals surface area (Å²) in [6, 6.07) is 5.35. The van der Waals surface area contributed by atoms with Crippen LogP contribution in [0.1, 0.15) is 31.2 Å². The Labute approximate surface area is 150 Å². The highest BCUT2D eigenvalue weighted by Gasteiger charge is 2.26. The molecule has 0 aliphatic heterocycles. The van der Waals surface area contributed by atoms with Gasteiger partial charge in [-0.15, -0.1) is 0 Å². The highest BCUT2D eigenvalue weighted by Crippen LogP contribution is 2.23. The minimum absolute atomic E-state index is 0.117. The molecule has 1 saturated carbocycles. The van der Waals surface area contributed by atoms with Crippen LogP contribution in [0.25, 0.3) is 0 Å². The Morgan fingerprint density at radius 1 is 1.00 bits per heavy atom. The smallest absolute Gasteiger partial charge is 0.316 e. The summed E-state index contributed by atoms with van der Waals surface area (Å²) in [5.41, 5.74) is 0.532. The fourth-order valence-corrected chi connectivity index (χ4v) is 4.36. The van der Waals surface area contributed by atoms with Gasteiger partial charge in [0.15, 0.2) is 5.82 Å². The molecule has 2 aromatic rings. The molecule has 1 aromatic carbocycles. The van der Waals surface area contributed by atoms with E-state index in [-0.39, 0.29) is 23.9 Å². The fraction of sp³-hybridized carbons (Fsp3) is 0.412. The lowest BCUT2D eigenvalue weighted by Gasteiger charge is -2.28. The van der Waals surface area contributed by atoms with Crippen molar-refractivity contribution in [3.05, 3.63) is 53.9 Å². The molecule has 9 heteroatoms. The summed E-state index contributed by atoms with van der Waals surface area (Å²) in [6.45, 7) is 0. The zero-order valence-electron chi connectivity index (χ0n) is 13.9. The van der Waals surface area contributed by atoms with Crippen LogP contribution in [0.4, 0.5) is 8.78 Å². The first kappa shape index (κ1) is 18.7. The molecule has 3 rings (SSSR count). The minimum Gasteiger partial charge on any atom is -0.460 e. The number of ether oxygens (including phenoxy) is 1. The Morgan fingerprint density at radius 3 is 2.23 bits per heavy atom. The van der Waals surface area contributed by atoms with Gasteiger partial charge in [-0.1, -0.05) is 12.1 Å². The summed E-state index contributed by atoms with van der Waals surface area (Å²) in [4.78, 5) is 7.51. The summed E-state index contributed by atoms with van der Waals surface area (Å²) < 4.78 is 58.5. The van der Waals surface area contributed by atoms with Crippen molar-refractivity contribution in [1.82, 2.24) is 14.7 Å². The van der Waals surface area contributed by atoms with Gasteiger partial charge in [0.05, 0.1) is 18.1 Å². The van der Waals surface area contributed by atoms with Crippen LogP contribution in [0, 0.1) is 11.6 Å². The predicted octanol–water partition coefficient (Wildman–Crippen LogP) is 2.56. The molecule has 1 heterocycles. The molecule has 0 atom stereocenters. The van der Waals surface area contributed by atoms with E-state index in [0.717, 1.165) is 12.4 Å². The number of nitrogens with zero attached hydrogens (tertiary/aromatic N) is 2. The summed E-state index contributed by atoms with van der Waals surface area (Å²) >= 11 is 0. The van der Waals surface area contributed by atoms with E-state index in [4.69, 9.17) is 4.74 Å². The van der Waals surface area contributed by atoms with Gasteiger partial charge in [-0.05, 0) is 43.4 Å². The van der Waals surface area contributed by atoms with Crippen molar-refractivity contribution >= 4 is 10.0 Å². The van der Waals surface area contributed by atoms with Crippen molar-refractivity contribution in [1.29, 1.82) is 0 Å². The molecule has 1 fully saturated rings. The first-order chi connectivity index (χ1) is 12.4. The maximum atomic E-state index is 12.9. The van der Waals surface area contributed by atoms with E-state index in [0.29, 0.717) is 31.2 Å². The van der Waals surface area contributed by atoms with E-state index < -0.39 is 21.7 Å². The predicted molar refractivity (Wildman–Crippen MR) is 90.8 cm³/mol. The van der Waals surface area contributed by atoms with E-state index in [1.165, 1.54) is 24.3 Å². The van der Waals surface area contributed by atoms with E-state index in [2.05, 4.69) is 14.7 Å². The second-order valence-corrected chi connectivity index (χ2v) is 8.03. The Morgan fingerprint density at radius 2 is 1.62 bits per heavy atom. The van der Waals surface area contributed by atoms with Crippen LogP contribution in [-0.2, 0) is 15.8 Å². The quantitative estimate of drug-likeness (QED) is 0.829. The third kappa shape index (κ3) is 5.43. The molecule has 0 radical (unpaired) electrons. The van der Waals surface area contributed by atoms with E-state index in [9.17, 15) is 17.2 Å². The van der Waals surface area contributed by atoms with Gasteiger partial charge in [0.2, 0.25) is 10.0 Å². The summed E-state index contributed by atoms with van der Waals surface area (Å²) in [7, 11) is -3.51. The van der Waals surface area contributed by atoms with Crippen LogP contribution >= 0.6 is 0 Å². The molecular formula is C17H19F2N3O3S. The van der Waals surface area contributed by atoms with Crippen LogP contribution in [-0.4, -0.2) is 30.5 Å². The minimum atomic E-state index is -3.51. The van der Waals surface area contributed by atoms with Crippen molar-refractivity contribution in [3.8, 4) is 6.01 Å². The van der Waals surface area contributed by atoms with Gasteiger partial charge in [0.25, 0.3) is 0 Å². The zero-order chi connectivity index (χ0) is 18.6. The number of hydrogen-bond donors (Lipinski definition) is 1. The van der Waals surface area contributed by atoms with E-state index >= 15 is 0 Å². The number of aromatic nitrogens is 2. The molecule has 0 unspecified atom stereocenters. The van der Waals surface area contributed by atoms with Crippen LogP contribution in [0.15, 0.2) is 36.7 Å². The van der Waals surface area contributed by atoms with Crippen LogP contribution < -0.4 is 9.46 Å². The van der Waals surface area contributed by atoms with Gasteiger partial charge >= 0.3 is 6.01 Å². The Hall–Kier alpha value is -2.13. The topological polar surface area (TPSA) is 81.2 Å². The maximum Gasteiger partial charge on any atom is 0.316 e. The molecular weight excluding hydrogens is 364 g/mol. The molecule has 1 aliphatic rings. The highest BCUT2D eigenvalue weighted by molar-refractivity contribution is 7.88. The van der Waals surface area contributed by atoms with Crippen molar-refractivity contribution in [3.63, 3.8) is 0 Å². The van der Waals surface area contributed by atoms with Crippen molar-refractivity contribution in [2.24, 2.45) is 0 Å². The molecule has 0 saturated heterocycles. The van der Waals surface area contributed by atoms with Gasteiger partial charge < -0.3 is 4.74 Å². The maximum absolute atomic E-state index is 12.9. The molecule has 1 N–H and O–H groups in total. The lowest BCUT2D eigenvalue weighted by Crippen LogP contribution is -2.40. The normalized spacial score (nSPS) is 20.7. The Bertz CT molecular complexity index is 821. The largest absolute Gasteiger partial charge is 0.460 e. The monoisotopic (exact) mass is 383 g/mol. The van der Waals surface area contributed by atoms with Crippen molar-refractivity contribution in [2.45, 2.75) is 43.6 Å². The van der Waals surface area contributed by atoms with E-state index in [1.54, 1.807) is 0 Å². The number of hydrogen-bond acceptors (Lipinski definition) is 5. The van der Waals surface area contributed by atoms with Gasteiger partial charge in [-0.2, -0.15) is 0 Å². The van der Waals surface area contributed by atoms with Gasteiger partial charge in [0, 0.05) is 6.04 Å². The summed E-state index contributed by atoms with van der Waals surface area (Å²) in [5, 5.41) is 0. The van der Waals surface area contributed by atoms with Gasteiger partial charge in [0.1, 0.15) is 11.9 Å². The standard InChI is InChI=1S/C17H19F2N3O3S/c18-13-3-1-12(2-4-13)11-26(23,24)22-15-5-7-16(8-6-15)25-17-20-9-14(19)10-21-17/h1-4,9-10,15-16,22H,5-8,11H2. The van der Waals surface area contributed by atoms with Gasteiger partial charge in [-0.25, -0.2) is 31.9 Å². The van der Waals surface area contributed by atoms with E-state index in [1.807, 2.05) is 0 Å². The average molecular weight is 383 g/mol. The first-order valence-corrected chi connectivity index (χ1v) is 9.93. The molecule has 26 heavy (non-hydrogen) atoms. The molecule has 0 amide bonds. The molecule has 140 valence electrons. The molecule has 1 aliphatic carbocycles. The third-order valence-electron chi connectivity index (χ3n) is 4.16. The van der Waals surface area contributed by atoms with Crippen LogP contribution in [0.2, 0.25) is 0 Å². The number of nitrogens with one attached hydrogen (secondary N) is 1. The van der Waals surface area contributed by atoms with Crippen molar-refractivity contribution < 1.29 is 21.9 Å². The molecule has 0 spiro atoms. The summed E-state index contributed by atoms with van der Waals surface area (Å²) in [5.74, 6) is -1.12. The Balaban J connectivity index is 1.48. The molecule has 0 bridgehead atoms. The lowest BCUT2D eigenvalue weighted by molar-refractivity contribution is 0.132. The van der Waals surface area contributed by atoms with Crippen LogP contribution in [0.5, 0.6) is 6.01 Å². The highest BCUT2D eigenvalue weighted by atomic mass is 32.2. The Kier molecular flexibility index (Phi) is 5.77. The summed E-state index contributed by atoms with van der Waals surface area (Å²) in [6.07, 6.45) is 4.48. The van der Waals surface area contributed by atoms with Crippen LogP contribution in [0.3, 0.4) is 0 Å². The second-order valence-electron chi connectivity index (χ2n) is 6.28. The number of benzene rings is 1.